The average molecular weight is 308 g/mol. The predicted molar refractivity (Wildman–Crippen MR) is 93.6 cm³/mol. The summed E-state index contributed by atoms with van der Waals surface area (Å²) in [4.78, 5) is 11.5. The van der Waals surface area contributed by atoms with Gasteiger partial charge in [0.25, 0.3) is 0 Å². The van der Waals surface area contributed by atoms with E-state index in [0.29, 0.717) is 16.4 Å². The number of hydrogen-bond acceptors (Lipinski definition) is 5. The number of nitrogens with zero attached hydrogens (tertiary/aromatic N) is 3. The number of rotatable bonds is 5. The molecular weight excluding hydrogens is 280 g/mol. The molecule has 0 radical (unpaired) electrons. The molecule has 118 valence electrons. The molecule has 5 heteroatoms. The first-order valence-electron chi connectivity index (χ1n) is 8.02. The maximum absolute atomic E-state index is 4.63. The van der Waals surface area contributed by atoms with Crippen LogP contribution in [0.5, 0.6) is 0 Å². The molecule has 0 saturated carbocycles. The normalized spacial score (nSPS) is 22.7. The Bertz CT molecular complexity index is 454. The zero-order valence-electron chi connectivity index (χ0n) is 13.9. The Balaban J connectivity index is 2.33. The minimum atomic E-state index is 0.417. The van der Waals surface area contributed by atoms with Crippen molar-refractivity contribution in [3.8, 4) is 0 Å². The van der Waals surface area contributed by atoms with E-state index < -0.39 is 0 Å². The first-order valence-corrected chi connectivity index (χ1v) is 8.96. The summed E-state index contributed by atoms with van der Waals surface area (Å²) in [5.41, 5.74) is 1.26. The second-order valence-electron chi connectivity index (χ2n) is 6.20. The van der Waals surface area contributed by atoms with E-state index >= 15 is 0 Å². The van der Waals surface area contributed by atoms with Crippen molar-refractivity contribution < 1.29 is 0 Å². The molecule has 0 amide bonds. The molecular formula is C16H28N4S. The Morgan fingerprint density at radius 3 is 2.52 bits per heavy atom. The second kappa shape index (κ2) is 7.34. The van der Waals surface area contributed by atoms with E-state index in [-0.39, 0.29) is 0 Å². The van der Waals surface area contributed by atoms with Gasteiger partial charge in [0.2, 0.25) is 0 Å². The summed E-state index contributed by atoms with van der Waals surface area (Å²) < 4.78 is 0. The first kappa shape index (κ1) is 16.4. The maximum atomic E-state index is 4.63. The summed E-state index contributed by atoms with van der Waals surface area (Å²) in [5.74, 6) is 2.55. The Kier molecular flexibility index (Phi) is 5.73. The SMILES string of the molecule is CCCNc1ncnc(N2CC(C)SC(C)C2)c1C(C)C. The summed E-state index contributed by atoms with van der Waals surface area (Å²) >= 11 is 2.07. The largest absolute Gasteiger partial charge is 0.370 e. The molecule has 1 N–H and O–H groups in total. The Morgan fingerprint density at radius 1 is 1.29 bits per heavy atom. The lowest BCUT2D eigenvalue weighted by molar-refractivity contribution is 0.703. The summed E-state index contributed by atoms with van der Waals surface area (Å²) in [5, 5.41) is 4.76. The molecule has 1 aromatic rings. The van der Waals surface area contributed by atoms with Gasteiger partial charge in [-0.1, -0.05) is 34.6 Å². The highest BCUT2D eigenvalue weighted by Crippen LogP contribution is 2.34. The third kappa shape index (κ3) is 4.02. The van der Waals surface area contributed by atoms with Gasteiger partial charge in [-0.3, -0.25) is 0 Å². The molecule has 1 aromatic heterocycles. The molecule has 21 heavy (non-hydrogen) atoms. The predicted octanol–water partition coefficient (Wildman–Crippen LogP) is 3.75. The van der Waals surface area contributed by atoms with Crippen LogP contribution in [0, 0.1) is 0 Å². The van der Waals surface area contributed by atoms with Crippen molar-refractivity contribution in [2.45, 2.75) is 57.5 Å². The lowest BCUT2D eigenvalue weighted by Gasteiger charge is -2.37. The summed E-state index contributed by atoms with van der Waals surface area (Å²) in [6.07, 6.45) is 2.81. The van der Waals surface area contributed by atoms with Gasteiger partial charge in [0.15, 0.2) is 0 Å². The number of hydrogen-bond donors (Lipinski definition) is 1. The molecule has 0 spiro atoms. The van der Waals surface area contributed by atoms with Gasteiger partial charge in [-0.15, -0.1) is 0 Å². The topological polar surface area (TPSA) is 41.1 Å². The zero-order valence-corrected chi connectivity index (χ0v) is 14.7. The van der Waals surface area contributed by atoms with Crippen molar-refractivity contribution in [1.82, 2.24) is 9.97 Å². The first-order chi connectivity index (χ1) is 10.0. The van der Waals surface area contributed by atoms with Crippen molar-refractivity contribution >= 4 is 23.4 Å². The van der Waals surface area contributed by atoms with Crippen LogP contribution in [0.4, 0.5) is 11.6 Å². The van der Waals surface area contributed by atoms with Crippen molar-refractivity contribution in [2.75, 3.05) is 29.9 Å². The minimum absolute atomic E-state index is 0.417. The molecule has 0 bridgehead atoms. The van der Waals surface area contributed by atoms with E-state index in [1.54, 1.807) is 6.33 Å². The van der Waals surface area contributed by atoms with E-state index in [0.717, 1.165) is 37.7 Å². The molecule has 0 aromatic carbocycles. The molecule has 0 aliphatic carbocycles. The average Bonchev–Trinajstić information content (AvgIpc) is 2.43. The van der Waals surface area contributed by atoms with Gasteiger partial charge in [-0.05, 0) is 12.3 Å². The zero-order chi connectivity index (χ0) is 15.4. The fraction of sp³-hybridized carbons (Fsp3) is 0.750. The van der Waals surface area contributed by atoms with Gasteiger partial charge in [0.05, 0.1) is 0 Å². The van der Waals surface area contributed by atoms with Gasteiger partial charge >= 0.3 is 0 Å². The van der Waals surface area contributed by atoms with Crippen LogP contribution in [0.2, 0.25) is 0 Å². The number of thioether (sulfide) groups is 1. The highest BCUT2D eigenvalue weighted by molar-refractivity contribution is 8.00. The van der Waals surface area contributed by atoms with E-state index in [2.05, 4.69) is 66.6 Å². The standard InChI is InChI=1S/C16H28N4S/c1-6-7-17-15-14(11(2)3)16(19-10-18-15)20-8-12(4)21-13(5)9-20/h10-13H,6-9H2,1-5H3,(H,17,18,19). The van der Waals surface area contributed by atoms with Crippen LogP contribution in [0.25, 0.3) is 0 Å². The molecule has 2 unspecified atom stereocenters. The summed E-state index contributed by atoms with van der Waals surface area (Å²) in [6.45, 7) is 14.3. The third-order valence-corrected chi connectivity index (χ3v) is 4.93. The molecule has 2 heterocycles. The number of aromatic nitrogens is 2. The van der Waals surface area contributed by atoms with Gasteiger partial charge in [0, 0.05) is 35.7 Å². The Labute approximate surface area is 133 Å². The van der Waals surface area contributed by atoms with Crippen molar-refractivity contribution in [3.63, 3.8) is 0 Å². The summed E-state index contributed by atoms with van der Waals surface area (Å²) in [6, 6.07) is 0. The molecule has 1 fully saturated rings. The van der Waals surface area contributed by atoms with Gasteiger partial charge in [0.1, 0.15) is 18.0 Å². The van der Waals surface area contributed by atoms with Gasteiger partial charge in [-0.25, -0.2) is 9.97 Å². The van der Waals surface area contributed by atoms with Crippen LogP contribution in [-0.2, 0) is 0 Å². The quantitative estimate of drug-likeness (QED) is 0.897. The van der Waals surface area contributed by atoms with E-state index in [9.17, 15) is 0 Å². The summed E-state index contributed by atoms with van der Waals surface area (Å²) in [7, 11) is 0. The van der Waals surface area contributed by atoms with Crippen molar-refractivity contribution in [3.05, 3.63) is 11.9 Å². The fourth-order valence-electron chi connectivity index (χ4n) is 2.91. The minimum Gasteiger partial charge on any atom is -0.370 e. The highest BCUT2D eigenvalue weighted by Gasteiger charge is 2.27. The molecule has 1 aliphatic heterocycles. The number of nitrogens with one attached hydrogen (secondary N) is 1. The van der Waals surface area contributed by atoms with Crippen LogP contribution in [0.1, 0.15) is 52.5 Å². The lowest BCUT2D eigenvalue weighted by Crippen LogP contribution is -2.41. The van der Waals surface area contributed by atoms with Crippen LogP contribution >= 0.6 is 11.8 Å². The smallest absolute Gasteiger partial charge is 0.137 e. The monoisotopic (exact) mass is 308 g/mol. The van der Waals surface area contributed by atoms with E-state index in [1.165, 1.54) is 5.56 Å². The van der Waals surface area contributed by atoms with Crippen LogP contribution in [0.15, 0.2) is 6.33 Å². The van der Waals surface area contributed by atoms with Gasteiger partial charge < -0.3 is 10.2 Å². The lowest BCUT2D eigenvalue weighted by atomic mass is 10.0. The van der Waals surface area contributed by atoms with E-state index in [1.807, 2.05) is 0 Å². The Morgan fingerprint density at radius 2 is 1.95 bits per heavy atom. The third-order valence-electron chi connectivity index (χ3n) is 3.70. The van der Waals surface area contributed by atoms with Crippen LogP contribution in [-0.4, -0.2) is 40.1 Å². The molecule has 1 saturated heterocycles. The van der Waals surface area contributed by atoms with Gasteiger partial charge in [-0.2, -0.15) is 11.8 Å². The van der Waals surface area contributed by atoms with Crippen molar-refractivity contribution in [2.24, 2.45) is 0 Å². The second-order valence-corrected chi connectivity index (χ2v) is 8.08. The number of anilines is 2. The molecule has 4 nitrogen and oxygen atoms in total. The van der Waals surface area contributed by atoms with Crippen molar-refractivity contribution in [1.29, 1.82) is 0 Å². The maximum Gasteiger partial charge on any atom is 0.137 e. The van der Waals surface area contributed by atoms with E-state index in [4.69, 9.17) is 0 Å². The van der Waals surface area contributed by atoms with Crippen LogP contribution < -0.4 is 10.2 Å². The van der Waals surface area contributed by atoms with Crippen LogP contribution in [0.3, 0.4) is 0 Å². The molecule has 2 rings (SSSR count). The Hall–Kier alpha value is -0.970. The molecule has 1 aliphatic rings. The molecule has 2 atom stereocenters. The fourth-order valence-corrected chi connectivity index (χ4v) is 4.23. The highest BCUT2D eigenvalue weighted by atomic mass is 32.2.